The molecule has 5 nitrogen and oxygen atoms in total. The number of hydrogen-bond acceptors (Lipinski definition) is 3. The average molecular weight is 347 g/mol. The van der Waals surface area contributed by atoms with Crippen LogP contribution in [0.2, 0.25) is 5.02 Å². The first-order valence-corrected chi connectivity index (χ1v) is 7.85. The summed E-state index contributed by atoms with van der Waals surface area (Å²) in [5.41, 5.74) is 1.28. The monoisotopic (exact) mass is 346 g/mol. The molecular weight excluding hydrogens is 328 g/mol. The molecule has 2 aromatic rings. The third-order valence-corrected chi connectivity index (χ3v) is 3.74. The molecule has 0 heterocycles. The first-order valence-electron chi connectivity index (χ1n) is 7.47. The third kappa shape index (κ3) is 4.73. The maximum atomic E-state index is 12.1. The Bertz CT molecular complexity index is 699. The van der Waals surface area contributed by atoms with Gasteiger partial charge < -0.3 is 15.0 Å². The molecule has 1 N–H and O–H groups in total. The van der Waals surface area contributed by atoms with E-state index in [1.165, 1.54) is 6.92 Å². The van der Waals surface area contributed by atoms with Gasteiger partial charge in [0, 0.05) is 36.3 Å². The van der Waals surface area contributed by atoms with Gasteiger partial charge in [0.1, 0.15) is 5.75 Å². The topological polar surface area (TPSA) is 58.6 Å². The Balaban J connectivity index is 1.95. The molecule has 0 aromatic heterocycles. The summed E-state index contributed by atoms with van der Waals surface area (Å²) in [6.45, 7) is 2.21. The van der Waals surface area contributed by atoms with E-state index < -0.39 is 0 Å². The van der Waals surface area contributed by atoms with Crippen molar-refractivity contribution in [3.8, 4) is 5.75 Å². The molecule has 2 amide bonds. The van der Waals surface area contributed by atoms with Gasteiger partial charge in [-0.3, -0.25) is 9.59 Å². The van der Waals surface area contributed by atoms with Crippen LogP contribution >= 0.6 is 11.6 Å². The van der Waals surface area contributed by atoms with Crippen molar-refractivity contribution in [2.45, 2.75) is 6.92 Å². The van der Waals surface area contributed by atoms with Gasteiger partial charge in [-0.1, -0.05) is 11.6 Å². The number of carbonyl (C=O) groups excluding carboxylic acids is 2. The highest BCUT2D eigenvalue weighted by Crippen LogP contribution is 2.19. The summed E-state index contributed by atoms with van der Waals surface area (Å²) in [6.07, 6.45) is 0. The minimum absolute atomic E-state index is 0.0964. The molecule has 2 rings (SSSR count). The molecule has 24 heavy (non-hydrogen) atoms. The Morgan fingerprint density at radius 1 is 1.08 bits per heavy atom. The minimum atomic E-state index is -0.204. The summed E-state index contributed by atoms with van der Waals surface area (Å²) in [6, 6.07) is 13.8. The second-order valence-corrected chi connectivity index (χ2v) is 5.57. The van der Waals surface area contributed by atoms with E-state index in [1.54, 1.807) is 60.5 Å². The number of anilines is 1. The quantitative estimate of drug-likeness (QED) is 0.874. The van der Waals surface area contributed by atoms with Crippen molar-refractivity contribution in [1.29, 1.82) is 0 Å². The zero-order valence-corrected chi connectivity index (χ0v) is 14.3. The lowest BCUT2D eigenvalue weighted by Gasteiger charge is -2.21. The zero-order valence-electron chi connectivity index (χ0n) is 13.6. The van der Waals surface area contributed by atoms with Crippen molar-refractivity contribution in [1.82, 2.24) is 5.32 Å². The normalized spacial score (nSPS) is 10.1. The Hall–Kier alpha value is -2.53. The number of carbonyl (C=O) groups is 2. The predicted molar refractivity (Wildman–Crippen MR) is 94.8 cm³/mol. The zero-order chi connectivity index (χ0) is 17.5. The number of amides is 2. The number of methoxy groups -OCH3 is 1. The second kappa shape index (κ2) is 8.36. The number of ether oxygens (including phenoxy) is 1. The maximum Gasteiger partial charge on any atom is 0.251 e. The van der Waals surface area contributed by atoms with Gasteiger partial charge in [-0.15, -0.1) is 0 Å². The number of rotatable bonds is 6. The van der Waals surface area contributed by atoms with Crippen LogP contribution < -0.4 is 15.0 Å². The van der Waals surface area contributed by atoms with Crippen LogP contribution in [0.25, 0.3) is 0 Å². The second-order valence-electron chi connectivity index (χ2n) is 5.13. The molecule has 0 saturated carbocycles. The first-order chi connectivity index (χ1) is 11.5. The fourth-order valence-electron chi connectivity index (χ4n) is 2.22. The SMILES string of the molecule is COc1ccc(N(CCNC(=O)c2ccc(Cl)cc2)C(C)=O)cc1. The average Bonchev–Trinajstić information content (AvgIpc) is 2.59. The third-order valence-electron chi connectivity index (χ3n) is 3.49. The number of halogens is 1. The van der Waals surface area contributed by atoms with Gasteiger partial charge in [-0.25, -0.2) is 0 Å². The van der Waals surface area contributed by atoms with E-state index in [9.17, 15) is 9.59 Å². The van der Waals surface area contributed by atoms with Crippen LogP contribution in [0.5, 0.6) is 5.75 Å². The molecule has 6 heteroatoms. The highest BCUT2D eigenvalue weighted by molar-refractivity contribution is 6.30. The Kier molecular flexibility index (Phi) is 6.21. The van der Waals surface area contributed by atoms with Crippen LogP contribution in [0, 0.1) is 0 Å². The molecule has 0 radical (unpaired) electrons. The Morgan fingerprint density at radius 3 is 2.25 bits per heavy atom. The first kappa shape index (κ1) is 17.8. The van der Waals surface area contributed by atoms with Gasteiger partial charge in [0.05, 0.1) is 7.11 Å². The van der Waals surface area contributed by atoms with E-state index >= 15 is 0 Å². The number of hydrogen-bond donors (Lipinski definition) is 1. The van der Waals surface area contributed by atoms with Crippen LogP contribution in [-0.4, -0.2) is 32.0 Å². The Morgan fingerprint density at radius 2 is 1.71 bits per heavy atom. The molecule has 2 aromatic carbocycles. The van der Waals surface area contributed by atoms with E-state index in [2.05, 4.69) is 5.32 Å². The molecule has 0 atom stereocenters. The van der Waals surface area contributed by atoms with Gasteiger partial charge in [0.2, 0.25) is 5.91 Å². The van der Waals surface area contributed by atoms with Crippen molar-refractivity contribution in [2.24, 2.45) is 0 Å². The van der Waals surface area contributed by atoms with E-state index in [0.29, 0.717) is 23.7 Å². The van der Waals surface area contributed by atoms with Crippen molar-refractivity contribution in [2.75, 3.05) is 25.1 Å². The van der Waals surface area contributed by atoms with E-state index in [0.717, 1.165) is 11.4 Å². The standard InChI is InChI=1S/C18H19ClN2O3/c1-13(22)21(16-7-9-17(24-2)10-8-16)12-11-20-18(23)14-3-5-15(19)6-4-14/h3-10H,11-12H2,1-2H3,(H,20,23). The van der Waals surface area contributed by atoms with E-state index in [-0.39, 0.29) is 11.8 Å². The van der Waals surface area contributed by atoms with Crippen LogP contribution in [0.4, 0.5) is 5.69 Å². The molecule has 0 spiro atoms. The summed E-state index contributed by atoms with van der Waals surface area (Å²) in [5.74, 6) is 0.420. The van der Waals surface area contributed by atoms with Crippen molar-refractivity contribution in [3.05, 3.63) is 59.1 Å². The van der Waals surface area contributed by atoms with Gasteiger partial charge >= 0.3 is 0 Å². The number of benzene rings is 2. The molecular formula is C18H19ClN2O3. The molecule has 0 aliphatic rings. The lowest BCUT2D eigenvalue weighted by molar-refractivity contribution is -0.116. The van der Waals surface area contributed by atoms with E-state index in [4.69, 9.17) is 16.3 Å². The fraction of sp³-hybridized carbons (Fsp3) is 0.222. The van der Waals surface area contributed by atoms with Crippen molar-refractivity contribution < 1.29 is 14.3 Å². The van der Waals surface area contributed by atoms with Gasteiger partial charge in [0.15, 0.2) is 0 Å². The van der Waals surface area contributed by atoms with Crippen LogP contribution in [0.15, 0.2) is 48.5 Å². The lowest BCUT2D eigenvalue weighted by Crippen LogP contribution is -2.37. The van der Waals surface area contributed by atoms with Crippen LogP contribution in [0.1, 0.15) is 17.3 Å². The number of nitrogens with zero attached hydrogens (tertiary/aromatic N) is 1. The molecule has 0 unspecified atom stereocenters. The summed E-state index contributed by atoms with van der Waals surface area (Å²) < 4.78 is 5.11. The maximum absolute atomic E-state index is 12.1. The summed E-state index contributed by atoms with van der Waals surface area (Å²) in [5, 5.41) is 3.37. The van der Waals surface area contributed by atoms with Crippen LogP contribution in [-0.2, 0) is 4.79 Å². The summed E-state index contributed by atoms with van der Waals surface area (Å²) in [7, 11) is 1.59. The largest absolute Gasteiger partial charge is 0.497 e. The molecule has 0 aliphatic carbocycles. The van der Waals surface area contributed by atoms with Crippen molar-refractivity contribution in [3.63, 3.8) is 0 Å². The summed E-state index contributed by atoms with van der Waals surface area (Å²) in [4.78, 5) is 25.5. The highest BCUT2D eigenvalue weighted by atomic mass is 35.5. The molecule has 0 fully saturated rings. The Labute approximate surface area is 146 Å². The minimum Gasteiger partial charge on any atom is -0.497 e. The molecule has 0 saturated heterocycles. The smallest absolute Gasteiger partial charge is 0.251 e. The van der Waals surface area contributed by atoms with Gasteiger partial charge in [-0.05, 0) is 48.5 Å². The van der Waals surface area contributed by atoms with Gasteiger partial charge in [-0.2, -0.15) is 0 Å². The predicted octanol–water partition coefficient (Wildman–Crippen LogP) is 3.13. The summed E-state index contributed by atoms with van der Waals surface area (Å²) >= 11 is 5.80. The highest BCUT2D eigenvalue weighted by Gasteiger charge is 2.12. The van der Waals surface area contributed by atoms with Crippen LogP contribution in [0.3, 0.4) is 0 Å². The molecule has 0 aliphatic heterocycles. The fourth-order valence-corrected chi connectivity index (χ4v) is 2.34. The van der Waals surface area contributed by atoms with Gasteiger partial charge in [0.25, 0.3) is 5.91 Å². The van der Waals surface area contributed by atoms with Crippen molar-refractivity contribution >= 4 is 29.1 Å². The molecule has 126 valence electrons. The number of nitrogens with one attached hydrogen (secondary N) is 1. The lowest BCUT2D eigenvalue weighted by atomic mass is 10.2. The van der Waals surface area contributed by atoms with E-state index in [1.807, 2.05) is 0 Å². The molecule has 0 bridgehead atoms.